The second kappa shape index (κ2) is 7.41. The van der Waals surface area contributed by atoms with Gasteiger partial charge in [-0.25, -0.2) is 9.97 Å². The number of hydrogen-bond donors (Lipinski definition) is 1. The lowest BCUT2D eigenvalue weighted by Gasteiger charge is -2.24. The second-order valence-corrected chi connectivity index (χ2v) is 5.66. The summed E-state index contributed by atoms with van der Waals surface area (Å²) >= 11 is 3.64. The Morgan fingerprint density at radius 3 is 2.71 bits per heavy atom. The van der Waals surface area contributed by atoms with Crippen molar-refractivity contribution < 1.29 is 0 Å². The number of aromatic nitrogens is 2. The van der Waals surface area contributed by atoms with Gasteiger partial charge in [0.25, 0.3) is 0 Å². The van der Waals surface area contributed by atoms with Crippen LogP contribution in [0.3, 0.4) is 0 Å². The highest BCUT2D eigenvalue weighted by Crippen LogP contribution is 2.33. The highest BCUT2D eigenvalue weighted by molar-refractivity contribution is 9.10. The van der Waals surface area contributed by atoms with E-state index in [1.165, 1.54) is 5.56 Å². The van der Waals surface area contributed by atoms with Crippen molar-refractivity contribution in [2.45, 2.75) is 27.2 Å². The Hall–Kier alpha value is -1.62. The van der Waals surface area contributed by atoms with E-state index in [1.54, 1.807) is 6.33 Å². The van der Waals surface area contributed by atoms with E-state index >= 15 is 0 Å². The summed E-state index contributed by atoms with van der Waals surface area (Å²) in [6.45, 7) is 8.09. The Labute approximate surface area is 134 Å². The number of hydrogen-bond acceptors (Lipinski definition) is 4. The average molecular weight is 349 g/mol. The van der Waals surface area contributed by atoms with Gasteiger partial charge in [-0.1, -0.05) is 19.1 Å². The molecule has 4 nitrogen and oxygen atoms in total. The van der Waals surface area contributed by atoms with Crippen molar-refractivity contribution in [2.75, 3.05) is 23.3 Å². The van der Waals surface area contributed by atoms with Crippen molar-refractivity contribution >= 4 is 33.3 Å². The van der Waals surface area contributed by atoms with Gasteiger partial charge in [0.1, 0.15) is 16.6 Å². The molecule has 0 bridgehead atoms. The maximum Gasteiger partial charge on any atom is 0.152 e. The van der Waals surface area contributed by atoms with Gasteiger partial charge in [0.05, 0.1) is 0 Å². The monoisotopic (exact) mass is 348 g/mol. The average Bonchev–Trinajstić information content (AvgIpc) is 2.48. The van der Waals surface area contributed by atoms with Crippen molar-refractivity contribution in [2.24, 2.45) is 0 Å². The van der Waals surface area contributed by atoms with E-state index in [1.807, 2.05) is 0 Å². The van der Waals surface area contributed by atoms with Crippen molar-refractivity contribution in [1.82, 2.24) is 9.97 Å². The van der Waals surface area contributed by atoms with Crippen LogP contribution < -0.4 is 10.2 Å². The molecule has 5 heteroatoms. The van der Waals surface area contributed by atoms with Crippen LogP contribution in [0.2, 0.25) is 0 Å². The molecule has 2 rings (SSSR count). The first-order valence-electron chi connectivity index (χ1n) is 7.26. The molecule has 0 amide bonds. The third kappa shape index (κ3) is 3.73. The third-order valence-corrected chi connectivity index (χ3v) is 3.93. The molecule has 0 saturated carbocycles. The first-order chi connectivity index (χ1) is 10.2. The van der Waals surface area contributed by atoms with Gasteiger partial charge in [-0.3, -0.25) is 0 Å². The number of aryl methyl sites for hydroxylation is 1. The zero-order valence-corrected chi connectivity index (χ0v) is 14.3. The highest BCUT2D eigenvalue weighted by atomic mass is 79.9. The smallest absolute Gasteiger partial charge is 0.152 e. The summed E-state index contributed by atoms with van der Waals surface area (Å²) in [6.07, 6.45) is 2.66. The molecule has 0 spiro atoms. The molecular formula is C16H21BrN4. The van der Waals surface area contributed by atoms with E-state index in [4.69, 9.17) is 0 Å². The molecule has 0 unspecified atom stereocenters. The summed E-state index contributed by atoms with van der Waals surface area (Å²) in [6, 6.07) is 8.43. The molecule has 112 valence electrons. The van der Waals surface area contributed by atoms with Gasteiger partial charge in [-0.2, -0.15) is 0 Å². The topological polar surface area (TPSA) is 41.1 Å². The normalized spacial score (nSPS) is 10.5. The Morgan fingerprint density at radius 1 is 1.24 bits per heavy atom. The summed E-state index contributed by atoms with van der Waals surface area (Å²) in [5, 5.41) is 3.32. The van der Waals surface area contributed by atoms with Crippen LogP contribution >= 0.6 is 15.9 Å². The Morgan fingerprint density at radius 2 is 2.05 bits per heavy atom. The predicted octanol–water partition coefficient (Wildman–Crippen LogP) is 4.53. The van der Waals surface area contributed by atoms with Crippen LogP contribution in [-0.4, -0.2) is 23.1 Å². The number of anilines is 3. The third-order valence-electron chi connectivity index (χ3n) is 3.20. The van der Waals surface area contributed by atoms with Gasteiger partial charge >= 0.3 is 0 Å². The van der Waals surface area contributed by atoms with Crippen molar-refractivity contribution in [1.29, 1.82) is 0 Å². The predicted molar refractivity (Wildman–Crippen MR) is 92.4 cm³/mol. The summed E-state index contributed by atoms with van der Waals surface area (Å²) in [7, 11) is 0. The first kappa shape index (κ1) is 15.8. The SMILES string of the molecule is CCCNc1ncnc(N(CC)c2cccc(C)c2)c1Br. The fraction of sp³-hybridized carbons (Fsp3) is 0.375. The molecule has 0 radical (unpaired) electrons. The summed E-state index contributed by atoms with van der Waals surface area (Å²) in [5.41, 5.74) is 2.37. The molecule has 1 aromatic heterocycles. The van der Waals surface area contributed by atoms with E-state index in [0.29, 0.717) is 0 Å². The molecule has 1 aromatic carbocycles. The molecule has 1 N–H and O–H groups in total. The summed E-state index contributed by atoms with van der Waals surface area (Å²) < 4.78 is 0.904. The minimum atomic E-state index is 0.840. The Bertz CT molecular complexity index is 601. The van der Waals surface area contributed by atoms with Crippen LogP contribution in [0.25, 0.3) is 0 Å². The van der Waals surface area contributed by atoms with Gasteiger partial charge in [0.15, 0.2) is 5.82 Å². The van der Waals surface area contributed by atoms with E-state index in [0.717, 1.165) is 41.3 Å². The fourth-order valence-corrected chi connectivity index (χ4v) is 2.72. The Balaban J connectivity index is 2.38. The number of nitrogens with zero attached hydrogens (tertiary/aromatic N) is 3. The molecule has 0 aliphatic rings. The maximum atomic E-state index is 4.45. The standard InChI is InChI=1S/C16H21BrN4/c1-4-9-18-15-14(17)16(20-11-19-15)21(5-2)13-8-6-7-12(3)10-13/h6-8,10-11H,4-5,9H2,1-3H3,(H,18,19,20). The van der Waals surface area contributed by atoms with Crippen molar-refractivity contribution in [3.8, 4) is 0 Å². The fourth-order valence-electron chi connectivity index (χ4n) is 2.17. The quantitative estimate of drug-likeness (QED) is 0.832. The van der Waals surface area contributed by atoms with Gasteiger partial charge in [-0.15, -0.1) is 0 Å². The van der Waals surface area contributed by atoms with E-state index in [-0.39, 0.29) is 0 Å². The molecule has 0 fully saturated rings. The van der Waals surface area contributed by atoms with E-state index < -0.39 is 0 Å². The maximum absolute atomic E-state index is 4.45. The van der Waals surface area contributed by atoms with Gasteiger partial charge in [-0.05, 0) is 53.9 Å². The molecule has 21 heavy (non-hydrogen) atoms. The van der Waals surface area contributed by atoms with Crippen molar-refractivity contribution in [3.63, 3.8) is 0 Å². The van der Waals surface area contributed by atoms with Crippen LogP contribution in [0, 0.1) is 6.92 Å². The molecule has 2 aromatic rings. The van der Waals surface area contributed by atoms with Gasteiger partial charge in [0.2, 0.25) is 0 Å². The van der Waals surface area contributed by atoms with E-state index in [9.17, 15) is 0 Å². The highest BCUT2D eigenvalue weighted by Gasteiger charge is 2.15. The molecule has 0 aliphatic heterocycles. The number of nitrogens with one attached hydrogen (secondary N) is 1. The first-order valence-corrected chi connectivity index (χ1v) is 8.05. The minimum absolute atomic E-state index is 0.840. The lowest BCUT2D eigenvalue weighted by Crippen LogP contribution is -2.19. The van der Waals surface area contributed by atoms with Crippen molar-refractivity contribution in [3.05, 3.63) is 40.6 Å². The molecule has 0 aliphatic carbocycles. The summed E-state index contributed by atoms with van der Waals surface area (Å²) in [5.74, 6) is 1.73. The van der Waals surface area contributed by atoms with Crippen LogP contribution in [0.5, 0.6) is 0 Å². The van der Waals surface area contributed by atoms with Crippen LogP contribution in [-0.2, 0) is 0 Å². The molecule has 1 heterocycles. The number of benzene rings is 1. The van der Waals surface area contributed by atoms with Crippen LogP contribution in [0.4, 0.5) is 17.3 Å². The number of rotatable bonds is 6. The number of halogens is 1. The summed E-state index contributed by atoms with van der Waals surface area (Å²) in [4.78, 5) is 10.9. The minimum Gasteiger partial charge on any atom is -0.369 e. The zero-order valence-electron chi connectivity index (χ0n) is 12.7. The lowest BCUT2D eigenvalue weighted by molar-refractivity contribution is 0.943. The molecule has 0 atom stereocenters. The van der Waals surface area contributed by atoms with Gasteiger partial charge < -0.3 is 10.2 Å². The zero-order chi connectivity index (χ0) is 15.2. The molecular weight excluding hydrogens is 328 g/mol. The lowest BCUT2D eigenvalue weighted by atomic mass is 10.2. The van der Waals surface area contributed by atoms with Crippen LogP contribution in [0.1, 0.15) is 25.8 Å². The van der Waals surface area contributed by atoms with Crippen LogP contribution in [0.15, 0.2) is 35.1 Å². The second-order valence-electron chi connectivity index (χ2n) is 4.87. The molecule has 0 saturated heterocycles. The van der Waals surface area contributed by atoms with E-state index in [2.05, 4.69) is 81.2 Å². The Kier molecular flexibility index (Phi) is 5.56. The van der Waals surface area contributed by atoms with Gasteiger partial charge in [0, 0.05) is 18.8 Å². The largest absolute Gasteiger partial charge is 0.369 e.